The van der Waals surface area contributed by atoms with Crippen molar-refractivity contribution in [1.29, 1.82) is 0 Å². The van der Waals surface area contributed by atoms with Gasteiger partial charge in [0.25, 0.3) is 0 Å². The standard InChI is InChI=1S/C25H25FN2O4S/c1-14(31-17-8-10-20(27-13-17)23(29)15-5-6-15)22-12-21(28-33-22)16-7-9-18(19(26)11-16)24(30)32-25(2,3)4/h7-15H,5-6H2,1-4H3. The molecule has 1 atom stereocenters. The number of carbonyl (C=O) groups excluding carboxylic acids is 2. The highest BCUT2D eigenvalue weighted by Gasteiger charge is 2.31. The van der Waals surface area contributed by atoms with E-state index in [-0.39, 0.29) is 23.4 Å². The fourth-order valence-electron chi connectivity index (χ4n) is 3.20. The molecule has 2 aromatic heterocycles. The minimum absolute atomic E-state index is 0.0895. The summed E-state index contributed by atoms with van der Waals surface area (Å²) in [4.78, 5) is 29.3. The number of rotatable bonds is 7. The Balaban J connectivity index is 1.43. The largest absolute Gasteiger partial charge is 0.484 e. The lowest BCUT2D eigenvalue weighted by atomic mass is 10.1. The Morgan fingerprint density at radius 3 is 2.52 bits per heavy atom. The van der Waals surface area contributed by atoms with Gasteiger partial charge in [0.15, 0.2) is 5.78 Å². The van der Waals surface area contributed by atoms with Gasteiger partial charge in [0, 0.05) is 11.5 Å². The zero-order chi connectivity index (χ0) is 23.8. The van der Waals surface area contributed by atoms with Crippen molar-refractivity contribution in [2.75, 3.05) is 0 Å². The Labute approximate surface area is 195 Å². The predicted molar refractivity (Wildman–Crippen MR) is 123 cm³/mol. The number of pyridine rings is 1. The van der Waals surface area contributed by atoms with E-state index in [1.54, 1.807) is 45.2 Å². The van der Waals surface area contributed by atoms with Crippen molar-refractivity contribution >= 4 is 23.3 Å². The summed E-state index contributed by atoms with van der Waals surface area (Å²) in [6.07, 6.45) is 3.13. The van der Waals surface area contributed by atoms with E-state index in [2.05, 4.69) is 9.36 Å². The molecule has 0 radical (unpaired) electrons. The number of hydrogen-bond acceptors (Lipinski definition) is 7. The Morgan fingerprint density at radius 2 is 1.91 bits per heavy atom. The van der Waals surface area contributed by atoms with Crippen molar-refractivity contribution in [2.45, 2.75) is 52.2 Å². The molecular weight excluding hydrogens is 443 g/mol. The molecule has 172 valence electrons. The SMILES string of the molecule is CC(Oc1ccc(C(=O)C2CC2)nc1)c1cc(-c2ccc(C(=O)OC(C)(C)C)c(F)c2)ns1. The van der Waals surface area contributed by atoms with Crippen molar-refractivity contribution in [1.82, 2.24) is 9.36 Å². The first-order chi connectivity index (χ1) is 15.6. The highest BCUT2D eigenvalue weighted by molar-refractivity contribution is 7.06. The van der Waals surface area contributed by atoms with Crippen LogP contribution in [0.25, 0.3) is 11.3 Å². The molecule has 1 aliphatic rings. The summed E-state index contributed by atoms with van der Waals surface area (Å²) in [5.74, 6) is -0.593. The van der Waals surface area contributed by atoms with Crippen LogP contribution < -0.4 is 4.74 Å². The summed E-state index contributed by atoms with van der Waals surface area (Å²) in [6, 6.07) is 9.60. The van der Waals surface area contributed by atoms with E-state index in [1.807, 2.05) is 13.0 Å². The molecule has 1 aromatic carbocycles. The van der Waals surface area contributed by atoms with Crippen LogP contribution in [-0.2, 0) is 4.74 Å². The van der Waals surface area contributed by atoms with Crippen LogP contribution in [0.4, 0.5) is 4.39 Å². The smallest absolute Gasteiger partial charge is 0.341 e. The number of esters is 1. The summed E-state index contributed by atoms with van der Waals surface area (Å²) >= 11 is 1.25. The van der Waals surface area contributed by atoms with Gasteiger partial charge in [-0.2, -0.15) is 4.37 Å². The minimum atomic E-state index is -0.704. The van der Waals surface area contributed by atoms with E-state index >= 15 is 0 Å². The maximum absolute atomic E-state index is 14.6. The molecule has 1 fully saturated rings. The number of carbonyl (C=O) groups is 2. The number of hydrogen-bond donors (Lipinski definition) is 0. The average molecular weight is 469 g/mol. The number of halogens is 1. The van der Waals surface area contributed by atoms with Gasteiger partial charge in [-0.25, -0.2) is 14.2 Å². The third-order valence-electron chi connectivity index (χ3n) is 5.06. The zero-order valence-electron chi connectivity index (χ0n) is 18.9. The monoisotopic (exact) mass is 468 g/mol. The van der Waals surface area contributed by atoms with Crippen molar-refractivity contribution in [3.8, 4) is 17.0 Å². The molecule has 33 heavy (non-hydrogen) atoms. The van der Waals surface area contributed by atoms with Crippen LogP contribution in [0, 0.1) is 11.7 Å². The minimum Gasteiger partial charge on any atom is -0.484 e. The fraction of sp³-hybridized carbons (Fsp3) is 0.360. The molecule has 0 aliphatic heterocycles. The second-order valence-electron chi connectivity index (χ2n) is 9.09. The molecule has 1 unspecified atom stereocenters. The molecular formula is C25H25FN2O4S. The number of ketones is 1. The molecule has 0 bridgehead atoms. The average Bonchev–Trinajstić information content (AvgIpc) is 3.48. The van der Waals surface area contributed by atoms with E-state index in [0.717, 1.165) is 17.7 Å². The second-order valence-corrected chi connectivity index (χ2v) is 9.93. The highest BCUT2D eigenvalue weighted by Crippen LogP contribution is 2.33. The van der Waals surface area contributed by atoms with Gasteiger partial charge in [0.2, 0.25) is 0 Å². The number of benzene rings is 1. The molecule has 0 amide bonds. The maximum atomic E-state index is 14.6. The third-order valence-corrected chi connectivity index (χ3v) is 6.01. The van der Waals surface area contributed by atoms with Crippen molar-refractivity contribution < 1.29 is 23.5 Å². The van der Waals surface area contributed by atoms with E-state index in [4.69, 9.17) is 9.47 Å². The number of ether oxygens (including phenoxy) is 2. The summed E-state index contributed by atoms with van der Waals surface area (Å²) in [7, 11) is 0. The van der Waals surface area contributed by atoms with Gasteiger partial charge < -0.3 is 9.47 Å². The molecule has 8 heteroatoms. The molecule has 4 rings (SSSR count). The lowest BCUT2D eigenvalue weighted by molar-refractivity contribution is 0.00646. The molecule has 1 saturated carbocycles. The first kappa shape index (κ1) is 23.0. The Hall–Kier alpha value is -3.13. The van der Waals surface area contributed by atoms with E-state index < -0.39 is 17.4 Å². The van der Waals surface area contributed by atoms with Gasteiger partial charge in [-0.15, -0.1) is 0 Å². The molecule has 1 aliphatic carbocycles. The van der Waals surface area contributed by atoms with E-state index in [1.165, 1.54) is 23.7 Å². The molecule has 2 heterocycles. The zero-order valence-corrected chi connectivity index (χ0v) is 19.7. The van der Waals surface area contributed by atoms with Crippen LogP contribution in [0.5, 0.6) is 5.75 Å². The fourth-order valence-corrected chi connectivity index (χ4v) is 3.93. The van der Waals surface area contributed by atoms with Gasteiger partial charge in [-0.1, -0.05) is 6.07 Å². The van der Waals surface area contributed by atoms with Gasteiger partial charge in [0.1, 0.15) is 29.0 Å². The topological polar surface area (TPSA) is 78.4 Å². The quantitative estimate of drug-likeness (QED) is 0.311. The molecule has 0 spiro atoms. The molecule has 0 saturated heterocycles. The summed E-state index contributed by atoms with van der Waals surface area (Å²) in [6.45, 7) is 7.08. The number of nitrogens with zero attached hydrogens (tertiary/aromatic N) is 2. The Kier molecular flexibility index (Phi) is 6.30. The Bertz CT molecular complexity index is 1180. The lowest BCUT2D eigenvalue weighted by Crippen LogP contribution is -2.24. The van der Waals surface area contributed by atoms with E-state index in [0.29, 0.717) is 22.7 Å². The van der Waals surface area contributed by atoms with Crippen LogP contribution in [0.15, 0.2) is 42.6 Å². The lowest BCUT2D eigenvalue weighted by Gasteiger charge is -2.19. The van der Waals surface area contributed by atoms with Crippen LogP contribution >= 0.6 is 11.5 Å². The normalized spacial score (nSPS) is 14.6. The Morgan fingerprint density at radius 1 is 1.15 bits per heavy atom. The third kappa shape index (κ3) is 5.63. The van der Waals surface area contributed by atoms with Gasteiger partial charge in [-0.05, 0) is 82.4 Å². The van der Waals surface area contributed by atoms with Gasteiger partial charge in [0.05, 0.1) is 22.3 Å². The molecule has 0 N–H and O–H groups in total. The van der Waals surface area contributed by atoms with Crippen LogP contribution in [0.3, 0.4) is 0 Å². The molecule has 6 nitrogen and oxygen atoms in total. The number of aromatic nitrogens is 2. The van der Waals surface area contributed by atoms with Crippen LogP contribution in [0.2, 0.25) is 0 Å². The van der Waals surface area contributed by atoms with E-state index in [9.17, 15) is 14.0 Å². The van der Waals surface area contributed by atoms with Gasteiger partial charge >= 0.3 is 5.97 Å². The first-order valence-corrected chi connectivity index (χ1v) is 11.5. The van der Waals surface area contributed by atoms with Crippen molar-refractivity contribution in [3.05, 3.63) is 64.5 Å². The van der Waals surface area contributed by atoms with Crippen LogP contribution in [-0.4, -0.2) is 26.7 Å². The second kappa shape index (κ2) is 9.02. The summed E-state index contributed by atoms with van der Waals surface area (Å²) in [5.41, 5.74) is 0.791. The maximum Gasteiger partial charge on any atom is 0.341 e. The van der Waals surface area contributed by atoms with Crippen molar-refractivity contribution in [3.63, 3.8) is 0 Å². The summed E-state index contributed by atoms with van der Waals surface area (Å²) in [5, 5.41) is 0. The highest BCUT2D eigenvalue weighted by atomic mass is 32.1. The predicted octanol–water partition coefficient (Wildman–Crippen LogP) is 6.03. The first-order valence-electron chi connectivity index (χ1n) is 10.8. The summed E-state index contributed by atoms with van der Waals surface area (Å²) < 4.78 is 30.2. The van der Waals surface area contributed by atoms with Gasteiger partial charge in [-0.3, -0.25) is 4.79 Å². The number of Topliss-reactive ketones (excluding diaryl/α,β-unsaturated/α-hetero) is 1. The van der Waals surface area contributed by atoms with Crippen molar-refractivity contribution in [2.24, 2.45) is 5.92 Å². The molecule has 3 aromatic rings. The van der Waals surface area contributed by atoms with Crippen LogP contribution in [0.1, 0.15) is 72.4 Å².